The van der Waals surface area contributed by atoms with Gasteiger partial charge in [-0.3, -0.25) is 9.69 Å². The lowest BCUT2D eigenvalue weighted by atomic mass is 9.94. The van der Waals surface area contributed by atoms with Crippen LogP contribution in [0.2, 0.25) is 0 Å². The van der Waals surface area contributed by atoms with Gasteiger partial charge in [0.1, 0.15) is 5.75 Å². The molecule has 1 saturated heterocycles. The maximum atomic E-state index is 12.3. The number of aryl methyl sites for hydroxylation is 1. The average Bonchev–Trinajstić information content (AvgIpc) is 2.54. The molecule has 4 nitrogen and oxygen atoms in total. The van der Waals surface area contributed by atoms with Crippen molar-refractivity contribution in [3.8, 4) is 5.75 Å². The van der Waals surface area contributed by atoms with E-state index in [1.165, 1.54) is 5.56 Å². The number of carbonyl (C=O) groups excluding carboxylic acids is 1. The predicted octanol–water partition coefficient (Wildman–Crippen LogP) is 2.82. The lowest BCUT2D eigenvalue weighted by Gasteiger charge is -2.37. The molecule has 0 radical (unpaired) electrons. The van der Waals surface area contributed by atoms with Gasteiger partial charge in [-0.1, -0.05) is 32.9 Å². The highest BCUT2D eigenvalue weighted by Crippen LogP contribution is 2.19. The zero-order valence-electron chi connectivity index (χ0n) is 15.0. The fraction of sp³-hybridized carbons (Fsp3) is 0.632. The SMILES string of the molecule is COc1ccc(CCCN2CCN(C(=O)C(C)(C)C)CC2)cc1. The molecule has 0 aromatic heterocycles. The van der Waals surface area contributed by atoms with E-state index in [0.29, 0.717) is 0 Å². The molecule has 0 N–H and O–H groups in total. The summed E-state index contributed by atoms with van der Waals surface area (Å²) in [6.45, 7) is 10.8. The van der Waals surface area contributed by atoms with E-state index in [9.17, 15) is 4.79 Å². The molecule has 1 amide bonds. The van der Waals surface area contributed by atoms with Crippen LogP contribution in [0.3, 0.4) is 0 Å². The number of hydrogen-bond acceptors (Lipinski definition) is 3. The van der Waals surface area contributed by atoms with Crippen LogP contribution in [0.25, 0.3) is 0 Å². The highest BCUT2D eigenvalue weighted by atomic mass is 16.5. The van der Waals surface area contributed by atoms with Gasteiger partial charge in [0.25, 0.3) is 0 Å². The summed E-state index contributed by atoms with van der Waals surface area (Å²) in [5.74, 6) is 1.18. The Balaban J connectivity index is 1.69. The third-order valence-corrected chi connectivity index (χ3v) is 4.40. The molecule has 0 atom stereocenters. The van der Waals surface area contributed by atoms with Crippen molar-refractivity contribution in [2.75, 3.05) is 39.8 Å². The number of amides is 1. The lowest BCUT2D eigenvalue weighted by Crippen LogP contribution is -2.51. The Bertz CT molecular complexity index is 497. The molecule has 1 heterocycles. The highest BCUT2D eigenvalue weighted by Gasteiger charge is 2.29. The number of benzene rings is 1. The van der Waals surface area contributed by atoms with Gasteiger partial charge in [0.05, 0.1) is 7.11 Å². The largest absolute Gasteiger partial charge is 0.497 e. The Kier molecular flexibility index (Phi) is 6.05. The van der Waals surface area contributed by atoms with Crippen molar-refractivity contribution < 1.29 is 9.53 Å². The third kappa shape index (κ3) is 5.24. The molecule has 0 bridgehead atoms. The maximum absolute atomic E-state index is 12.3. The van der Waals surface area contributed by atoms with Crippen LogP contribution >= 0.6 is 0 Å². The van der Waals surface area contributed by atoms with Gasteiger partial charge >= 0.3 is 0 Å². The van der Waals surface area contributed by atoms with E-state index in [0.717, 1.165) is 51.3 Å². The van der Waals surface area contributed by atoms with Crippen molar-refractivity contribution in [3.05, 3.63) is 29.8 Å². The Morgan fingerprint density at radius 3 is 2.22 bits per heavy atom. The molecule has 128 valence electrons. The predicted molar refractivity (Wildman–Crippen MR) is 93.8 cm³/mol. The first-order valence-electron chi connectivity index (χ1n) is 8.55. The Morgan fingerprint density at radius 1 is 1.09 bits per heavy atom. The Hall–Kier alpha value is -1.55. The lowest BCUT2D eigenvalue weighted by molar-refractivity contribution is -0.141. The molecule has 1 aromatic carbocycles. The van der Waals surface area contributed by atoms with Gasteiger partial charge in [-0.25, -0.2) is 0 Å². The molecule has 1 fully saturated rings. The Morgan fingerprint density at radius 2 is 1.70 bits per heavy atom. The van der Waals surface area contributed by atoms with Crippen molar-refractivity contribution in [3.63, 3.8) is 0 Å². The van der Waals surface area contributed by atoms with Gasteiger partial charge < -0.3 is 9.64 Å². The van der Waals surface area contributed by atoms with Crippen molar-refractivity contribution in [2.45, 2.75) is 33.6 Å². The normalized spacial score (nSPS) is 16.4. The van der Waals surface area contributed by atoms with E-state index in [1.807, 2.05) is 37.8 Å². The van der Waals surface area contributed by atoms with Crippen molar-refractivity contribution in [1.82, 2.24) is 9.80 Å². The quantitative estimate of drug-likeness (QED) is 0.837. The molecule has 1 aliphatic heterocycles. The number of piperazine rings is 1. The second kappa shape index (κ2) is 7.82. The van der Waals surface area contributed by atoms with Crippen LogP contribution in [-0.4, -0.2) is 55.5 Å². The van der Waals surface area contributed by atoms with E-state index < -0.39 is 0 Å². The molecular weight excluding hydrogens is 288 g/mol. The van der Waals surface area contributed by atoms with Crippen LogP contribution in [0.4, 0.5) is 0 Å². The van der Waals surface area contributed by atoms with Gasteiger partial charge in [-0.2, -0.15) is 0 Å². The number of carbonyl (C=O) groups is 1. The number of ether oxygens (including phenoxy) is 1. The summed E-state index contributed by atoms with van der Waals surface area (Å²) >= 11 is 0. The number of hydrogen-bond donors (Lipinski definition) is 0. The molecular formula is C19H30N2O2. The van der Waals surface area contributed by atoms with Gasteiger partial charge in [0.15, 0.2) is 0 Å². The fourth-order valence-corrected chi connectivity index (χ4v) is 2.95. The van der Waals surface area contributed by atoms with E-state index in [4.69, 9.17) is 4.74 Å². The minimum atomic E-state index is -0.267. The summed E-state index contributed by atoms with van der Waals surface area (Å²) in [5, 5.41) is 0. The molecule has 1 aromatic rings. The average molecular weight is 318 g/mol. The summed E-state index contributed by atoms with van der Waals surface area (Å²) in [6.07, 6.45) is 2.24. The van der Waals surface area contributed by atoms with Gasteiger partial charge in [-0.05, 0) is 37.1 Å². The first-order chi connectivity index (χ1) is 10.9. The first kappa shape index (κ1) is 17.8. The Labute approximate surface area is 140 Å². The molecule has 0 spiro atoms. The molecule has 4 heteroatoms. The van der Waals surface area contributed by atoms with E-state index in [1.54, 1.807) is 7.11 Å². The second-order valence-electron chi connectivity index (χ2n) is 7.34. The number of nitrogens with zero attached hydrogens (tertiary/aromatic N) is 2. The van der Waals surface area contributed by atoms with Crippen LogP contribution < -0.4 is 4.74 Å². The van der Waals surface area contributed by atoms with Crippen molar-refractivity contribution in [1.29, 1.82) is 0 Å². The fourth-order valence-electron chi connectivity index (χ4n) is 2.95. The summed E-state index contributed by atoms with van der Waals surface area (Å²) in [7, 11) is 1.69. The van der Waals surface area contributed by atoms with Crippen LogP contribution in [0.5, 0.6) is 5.75 Å². The molecule has 1 aliphatic rings. The second-order valence-corrected chi connectivity index (χ2v) is 7.34. The smallest absolute Gasteiger partial charge is 0.228 e. The van der Waals surface area contributed by atoms with Gasteiger partial charge in [0.2, 0.25) is 5.91 Å². The van der Waals surface area contributed by atoms with E-state index >= 15 is 0 Å². The number of rotatable bonds is 5. The van der Waals surface area contributed by atoms with Crippen LogP contribution in [0.1, 0.15) is 32.8 Å². The maximum Gasteiger partial charge on any atom is 0.228 e. The third-order valence-electron chi connectivity index (χ3n) is 4.40. The van der Waals surface area contributed by atoms with Crippen LogP contribution in [0.15, 0.2) is 24.3 Å². The zero-order chi connectivity index (χ0) is 16.9. The van der Waals surface area contributed by atoms with Crippen molar-refractivity contribution >= 4 is 5.91 Å². The monoisotopic (exact) mass is 318 g/mol. The van der Waals surface area contributed by atoms with E-state index in [2.05, 4.69) is 17.0 Å². The summed E-state index contributed by atoms with van der Waals surface area (Å²) in [5.41, 5.74) is 1.09. The standard InChI is InChI=1S/C19H30N2O2/c1-19(2,3)18(22)21-14-12-20(13-15-21)11-5-6-16-7-9-17(23-4)10-8-16/h7-10H,5-6,11-15H2,1-4H3. The topological polar surface area (TPSA) is 32.8 Å². The molecule has 0 saturated carbocycles. The zero-order valence-corrected chi connectivity index (χ0v) is 15.0. The molecule has 0 aliphatic carbocycles. The van der Waals surface area contributed by atoms with Gasteiger partial charge in [-0.15, -0.1) is 0 Å². The summed E-state index contributed by atoms with van der Waals surface area (Å²) in [4.78, 5) is 16.8. The minimum absolute atomic E-state index is 0.267. The van der Waals surface area contributed by atoms with Gasteiger partial charge in [0, 0.05) is 31.6 Å². The van der Waals surface area contributed by atoms with Crippen LogP contribution in [0, 0.1) is 5.41 Å². The molecule has 0 unspecified atom stereocenters. The van der Waals surface area contributed by atoms with Crippen molar-refractivity contribution in [2.24, 2.45) is 5.41 Å². The van der Waals surface area contributed by atoms with Crippen LogP contribution in [-0.2, 0) is 11.2 Å². The molecule has 23 heavy (non-hydrogen) atoms. The first-order valence-corrected chi connectivity index (χ1v) is 8.55. The summed E-state index contributed by atoms with van der Waals surface area (Å²) < 4.78 is 5.18. The van der Waals surface area contributed by atoms with E-state index in [-0.39, 0.29) is 11.3 Å². The highest BCUT2D eigenvalue weighted by molar-refractivity contribution is 5.81. The minimum Gasteiger partial charge on any atom is -0.497 e. The molecule has 2 rings (SSSR count). The summed E-state index contributed by atoms with van der Waals surface area (Å²) in [6, 6.07) is 8.32. The number of methoxy groups -OCH3 is 1.